The molecule has 0 heterocycles. The first-order chi connectivity index (χ1) is 10.5. The van der Waals surface area contributed by atoms with Crippen LogP contribution in [-0.4, -0.2) is 24.4 Å². The van der Waals surface area contributed by atoms with Crippen LogP contribution in [-0.2, 0) is 0 Å². The quantitative estimate of drug-likeness (QED) is 0.465. The fraction of sp³-hybridized carbons (Fsp3) is 0.133. The Labute approximate surface area is 125 Å². The van der Waals surface area contributed by atoms with E-state index in [1.165, 1.54) is 7.11 Å². The fourth-order valence-electron chi connectivity index (χ4n) is 1.76. The molecule has 2 rings (SSSR count). The van der Waals surface area contributed by atoms with Gasteiger partial charge in [-0.3, -0.25) is 14.9 Å². The van der Waals surface area contributed by atoms with E-state index in [0.717, 1.165) is 18.2 Å². The average Bonchev–Trinajstić information content (AvgIpc) is 2.52. The van der Waals surface area contributed by atoms with E-state index in [9.17, 15) is 19.3 Å². The number of hydrogen-bond donors (Lipinski definition) is 0. The van der Waals surface area contributed by atoms with E-state index in [1.54, 1.807) is 24.3 Å². The number of carbonyl (C=O) groups is 1. The molecule has 0 amide bonds. The van der Waals surface area contributed by atoms with E-state index in [2.05, 4.69) is 0 Å². The van der Waals surface area contributed by atoms with Gasteiger partial charge < -0.3 is 9.47 Å². The van der Waals surface area contributed by atoms with Crippen molar-refractivity contribution in [3.63, 3.8) is 0 Å². The summed E-state index contributed by atoms with van der Waals surface area (Å²) in [5.74, 6) is -0.760. The molecule has 0 N–H and O–H groups in total. The highest BCUT2D eigenvalue weighted by Crippen LogP contribution is 2.27. The number of ether oxygens (including phenoxy) is 2. The molecule has 0 atom stereocenters. The lowest BCUT2D eigenvalue weighted by Crippen LogP contribution is -2.12. The topological polar surface area (TPSA) is 78.7 Å². The zero-order valence-corrected chi connectivity index (χ0v) is 11.6. The third kappa shape index (κ3) is 3.57. The van der Waals surface area contributed by atoms with Crippen molar-refractivity contribution in [3.8, 4) is 11.5 Å². The Kier molecular flexibility index (Phi) is 4.67. The minimum Gasteiger partial charge on any atom is -0.497 e. The van der Waals surface area contributed by atoms with Crippen molar-refractivity contribution in [2.24, 2.45) is 0 Å². The molecule has 0 aliphatic rings. The first-order valence-electron chi connectivity index (χ1n) is 6.25. The summed E-state index contributed by atoms with van der Waals surface area (Å²) in [5.41, 5.74) is -0.0382. The largest absolute Gasteiger partial charge is 0.497 e. The van der Waals surface area contributed by atoms with Gasteiger partial charge in [-0.25, -0.2) is 4.39 Å². The lowest BCUT2D eigenvalue weighted by Gasteiger charge is -2.07. The van der Waals surface area contributed by atoms with Gasteiger partial charge in [-0.15, -0.1) is 0 Å². The molecular formula is C15H12FNO5. The average molecular weight is 305 g/mol. The number of halogens is 1. The molecule has 0 spiro atoms. The Morgan fingerprint density at radius 1 is 1.23 bits per heavy atom. The Bertz CT molecular complexity index is 700. The van der Waals surface area contributed by atoms with Crippen LogP contribution in [0.2, 0.25) is 0 Å². The van der Waals surface area contributed by atoms with Crippen LogP contribution in [0.1, 0.15) is 10.4 Å². The zero-order chi connectivity index (χ0) is 16.1. The number of hydrogen-bond acceptors (Lipinski definition) is 5. The van der Waals surface area contributed by atoms with Crippen molar-refractivity contribution in [2.75, 3.05) is 13.7 Å². The summed E-state index contributed by atoms with van der Waals surface area (Å²) >= 11 is 0. The summed E-state index contributed by atoms with van der Waals surface area (Å²) in [4.78, 5) is 22.1. The second kappa shape index (κ2) is 6.66. The van der Waals surface area contributed by atoms with Gasteiger partial charge in [0.15, 0.2) is 18.1 Å². The molecule has 0 unspecified atom stereocenters. The maximum absolute atomic E-state index is 13.1. The maximum atomic E-state index is 13.1. The molecule has 6 nitrogen and oxygen atoms in total. The van der Waals surface area contributed by atoms with Gasteiger partial charge in [-0.05, 0) is 30.3 Å². The minimum absolute atomic E-state index is 0.285. The van der Waals surface area contributed by atoms with Crippen LogP contribution in [0.25, 0.3) is 0 Å². The van der Waals surface area contributed by atoms with Crippen molar-refractivity contribution in [3.05, 3.63) is 64.0 Å². The van der Waals surface area contributed by atoms with Crippen molar-refractivity contribution in [1.82, 2.24) is 0 Å². The van der Waals surface area contributed by atoms with Gasteiger partial charge in [0.2, 0.25) is 0 Å². The van der Waals surface area contributed by atoms with Gasteiger partial charge in [0.05, 0.1) is 12.0 Å². The van der Waals surface area contributed by atoms with Gasteiger partial charge in [0.1, 0.15) is 11.6 Å². The highest BCUT2D eigenvalue weighted by Gasteiger charge is 2.17. The Hall–Kier alpha value is -2.96. The van der Waals surface area contributed by atoms with Crippen LogP contribution in [0.4, 0.5) is 10.1 Å². The van der Waals surface area contributed by atoms with E-state index in [4.69, 9.17) is 9.47 Å². The molecule has 0 saturated carbocycles. The molecular weight excluding hydrogens is 293 g/mol. The highest BCUT2D eigenvalue weighted by atomic mass is 19.1. The van der Waals surface area contributed by atoms with Crippen molar-refractivity contribution < 1.29 is 23.6 Å². The van der Waals surface area contributed by atoms with Crippen LogP contribution in [0.5, 0.6) is 11.5 Å². The van der Waals surface area contributed by atoms with E-state index in [1.807, 2.05) is 0 Å². The van der Waals surface area contributed by atoms with Crippen LogP contribution in [0.15, 0.2) is 42.5 Å². The summed E-state index contributed by atoms with van der Waals surface area (Å²) in [7, 11) is 1.50. The smallest absolute Gasteiger partial charge is 0.311 e. The van der Waals surface area contributed by atoms with Gasteiger partial charge in [-0.2, -0.15) is 0 Å². The van der Waals surface area contributed by atoms with Gasteiger partial charge in [-0.1, -0.05) is 0 Å². The maximum Gasteiger partial charge on any atom is 0.311 e. The molecule has 0 saturated heterocycles. The van der Waals surface area contributed by atoms with Gasteiger partial charge >= 0.3 is 5.69 Å². The summed E-state index contributed by atoms with van der Waals surface area (Å²) < 4.78 is 23.2. The summed E-state index contributed by atoms with van der Waals surface area (Å²) in [5, 5.41) is 10.8. The lowest BCUT2D eigenvalue weighted by atomic mass is 10.1. The molecule has 0 fully saturated rings. The molecule has 7 heteroatoms. The monoisotopic (exact) mass is 305 g/mol. The third-order valence-electron chi connectivity index (χ3n) is 2.89. The van der Waals surface area contributed by atoms with E-state index in [-0.39, 0.29) is 11.5 Å². The first kappa shape index (κ1) is 15.4. The van der Waals surface area contributed by atoms with E-state index >= 15 is 0 Å². The molecule has 0 radical (unpaired) electrons. The van der Waals surface area contributed by atoms with Crippen LogP contribution in [0.3, 0.4) is 0 Å². The standard InChI is InChI=1S/C15H12FNO5/c1-21-12-5-2-10(3-6-12)14(18)9-22-15-8-11(16)4-7-13(15)17(19)20/h2-8H,9H2,1H3. The number of Topliss-reactive ketones (excluding diaryl/α,β-unsaturated/α-hetero) is 1. The van der Waals surface area contributed by atoms with Crippen LogP contribution >= 0.6 is 0 Å². The Balaban J connectivity index is 2.10. The zero-order valence-electron chi connectivity index (χ0n) is 11.6. The van der Waals surface area contributed by atoms with Gasteiger partial charge in [0, 0.05) is 17.7 Å². The molecule has 0 aromatic heterocycles. The summed E-state index contributed by atoms with van der Waals surface area (Å²) in [6.07, 6.45) is 0. The molecule has 0 bridgehead atoms. The molecule has 0 aliphatic carbocycles. The van der Waals surface area contributed by atoms with Crippen molar-refractivity contribution in [1.29, 1.82) is 0 Å². The number of nitro groups is 1. The van der Waals surface area contributed by atoms with E-state index in [0.29, 0.717) is 11.3 Å². The predicted molar refractivity (Wildman–Crippen MR) is 75.9 cm³/mol. The number of methoxy groups -OCH3 is 1. The molecule has 0 aliphatic heterocycles. The first-order valence-corrected chi connectivity index (χ1v) is 6.25. The minimum atomic E-state index is -0.702. The molecule has 114 valence electrons. The van der Waals surface area contributed by atoms with Crippen molar-refractivity contribution >= 4 is 11.5 Å². The Morgan fingerprint density at radius 3 is 2.50 bits per heavy atom. The number of nitrogens with zero attached hydrogens (tertiary/aromatic N) is 1. The second-order valence-electron chi connectivity index (χ2n) is 4.31. The van der Waals surface area contributed by atoms with Crippen molar-refractivity contribution in [2.45, 2.75) is 0 Å². The Morgan fingerprint density at radius 2 is 1.91 bits per heavy atom. The molecule has 2 aromatic rings. The molecule has 22 heavy (non-hydrogen) atoms. The predicted octanol–water partition coefficient (Wildman–Crippen LogP) is 3.00. The third-order valence-corrected chi connectivity index (χ3v) is 2.89. The normalized spacial score (nSPS) is 10.1. The van der Waals surface area contributed by atoms with Crippen LogP contribution in [0, 0.1) is 15.9 Å². The lowest BCUT2D eigenvalue weighted by molar-refractivity contribution is -0.385. The SMILES string of the molecule is COc1ccc(C(=O)COc2cc(F)ccc2[N+](=O)[O-])cc1. The van der Waals surface area contributed by atoms with E-state index < -0.39 is 23.0 Å². The molecule has 2 aromatic carbocycles. The number of ketones is 1. The number of carbonyl (C=O) groups excluding carboxylic acids is 1. The number of nitro benzene ring substituents is 1. The fourth-order valence-corrected chi connectivity index (χ4v) is 1.76. The number of rotatable bonds is 6. The van der Waals surface area contributed by atoms with Gasteiger partial charge in [0.25, 0.3) is 0 Å². The second-order valence-corrected chi connectivity index (χ2v) is 4.31. The summed E-state index contributed by atoms with van der Waals surface area (Å²) in [6.45, 7) is -0.434. The highest BCUT2D eigenvalue weighted by molar-refractivity contribution is 5.97. The van der Waals surface area contributed by atoms with Crippen LogP contribution < -0.4 is 9.47 Å². The number of benzene rings is 2. The summed E-state index contributed by atoms with van der Waals surface area (Å²) in [6, 6.07) is 9.13.